The van der Waals surface area contributed by atoms with Crippen molar-refractivity contribution in [3.05, 3.63) is 65.2 Å². The molecule has 0 aromatic heterocycles. The maximum atomic E-state index is 13.3. The summed E-state index contributed by atoms with van der Waals surface area (Å²) < 4.78 is 0. The fourth-order valence-electron chi connectivity index (χ4n) is 4.54. The Hall–Kier alpha value is -2.82. The lowest BCUT2D eigenvalue weighted by Crippen LogP contribution is -2.50. The first kappa shape index (κ1) is 18.5. The second-order valence-electron chi connectivity index (χ2n) is 8.12. The van der Waals surface area contributed by atoms with Gasteiger partial charge in [0.2, 0.25) is 5.91 Å². The smallest absolute Gasteiger partial charge is 0.253 e. The first-order valence-corrected chi connectivity index (χ1v) is 9.90. The number of carbonyl (C=O) groups is 2. The second-order valence-corrected chi connectivity index (χ2v) is 8.12. The van der Waals surface area contributed by atoms with Gasteiger partial charge in [0, 0.05) is 31.7 Å². The highest BCUT2D eigenvalue weighted by atomic mass is 16.3. The second kappa shape index (κ2) is 7.30. The lowest BCUT2D eigenvalue weighted by atomic mass is 9.78. The van der Waals surface area contributed by atoms with Gasteiger partial charge >= 0.3 is 0 Å². The maximum Gasteiger partial charge on any atom is 0.253 e. The summed E-state index contributed by atoms with van der Waals surface area (Å²) in [6.45, 7) is 4.56. The van der Waals surface area contributed by atoms with Crippen LogP contribution in [0.25, 0.3) is 0 Å². The van der Waals surface area contributed by atoms with E-state index in [0.717, 1.165) is 31.4 Å². The van der Waals surface area contributed by atoms with Crippen molar-refractivity contribution in [3.8, 4) is 5.75 Å². The Balaban J connectivity index is 1.48. The highest BCUT2D eigenvalue weighted by Crippen LogP contribution is 2.41. The number of nitrogens with zero attached hydrogens (tertiary/aromatic N) is 2. The summed E-state index contributed by atoms with van der Waals surface area (Å²) >= 11 is 0. The van der Waals surface area contributed by atoms with Crippen LogP contribution in [0.2, 0.25) is 0 Å². The van der Waals surface area contributed by atoms with E-state index in [1.807, 2.05) is 11.0 Å². The predicted molar refractivity (Wildman–Crippen MR) is 107 cm³/mol. The molecule has 2 aliphatic heterocycles. The minimum atomic E-state index is -0.450. The van der Waals surface area contributed by atoms with Crippen LogP contribution >= 0.6 is 0 Å². The number of aryl methyl sites for hydroxylation is 1. The molecule has 2 aromatic carbocycles. The monoisotopic (exact) mass is 378 g/mol. The van der Waals surface area contributed by atoms with Crippen molar-refractivity contribution >= 4 is 11.8 Å². The molecule has 4 rings (SSSR count). The number of carbonyl (C=O) groups excluding carboxylic acids is 2. The van der Waals surface area contributed by atoms with Crippen LogP contribution in [0.4, 0.5) is 0 Å². The van der Waals surface area contributed by atoms with E-state index < -0.39 is 5.41 Å². The zero-order chi connectivity index (χ0) is 19.7. The zero-order valence-electron chi connectivity index (χ0n) is 16.2. The van der Waals surface area contributed by atoms with Crippen molar-refractivity contribution in [2.45, 2.75) is 32.7 Å². The number of phenols is 1. The molecule has 146 valence electrons. The van der Waals surface area contributed by atoms with Crippen molar-refractivity contribution in [1.82, 2.24) is 9.80 Å². The van der Waals surface area contributed by atoms with Gasteiger partial charge in [0.1, 0.15) is 5.75 Å². The van der Waals surface area contributed by atoms with Crippen molar-refractivity contribution in [3.63, 3.8) is 0 Å². The van der Waals surface area contributed by atoms with E-state index in [-0.39, 0.29) is 17.6 Å². The van der Waals surface area contributed by atoms with Gasteiger partial charge in [-0.3, -0.25) is 9.59 Å². The van der Waals surface area contributed by atoms with E-state index in [9.17, 15) is 14.7 Å². The number of hydrogen-bond donors (Lipinski definition) is 1. The molecule has 2 heterocycles. The van der Waals surface area contributed by atoms with E-state index in [1.54, 1.807) is 17.0 Å². The van der Waals surface area contributed by atoms with Crippen LogP contribution in [0.3, 0.4) is 0 Å². The van der Waals surface area contributed by atoms with Crippen molar-refractivity contribution in [2.24, 2.45) is 5.41 Å². The van der Waals surface area contributed by atoms with Crippen LogP contribution in [-0.4, -0.2) is 46.4 Å². The van der Waals surface area contributed by atoms with Crippen molar-refractivity contribution in [2.75, 3.05) is 19.6 Å². The standard InChI is InChI=1S/C23H26N2O3/c1-17-4-2-5-18(14-17)15-24-12-3-10-23(22(24)28)11-13-25(16-23)21(27)19-6-8-20(26)9-7-19/h2,4-9,14,26H,3,10-13,15-16H2,1H3/t23-/m0/s1. The van der Waals surface area contributed by atoms with Crippen molar-refractivity contribution < 1.29 is 14.7 Å². The van der Waals surface area contributed by atoms with Crippen LogP contribution in [-0.2, 0) is 11.3 Å². The van der Waals surface area contributed by atoms with Gasteiger partial charge in [-0.05, 0) is 56.0 Å². The molecule has 0 unspecified atom stereocenters. The molecule has 2 aromatic rings. The molecule has 2 aliphatic rings. The van der Waals surface area contributed by atoms with E-state index >= 15 is 0 Å². The van der Waals surface area contributed by atoms with Crippen LogP contribution in [0.5, 0.6) is 5.75 Å². The van der Waals surface area contributed by atoms with Gasteiger partial charge in [-0.2, -0.15) is 0 Å². The quantitative estimate of drug-likeness (QED) is 0.891. The Morgan fingerprint density at radius 3 is 2.64 bits per heavy atom. The highest BCUT2D eigenvalue weighted by molar-refractivity contribution is 5.95. The fraction of sp³-hybridized carbons (Fsp3) is 0.391. The lowest BCUT2D eigenvalue weighted by molar-refractivity contribution is -0.146. The summed E-state index contributed by atoms with van der Waals surface area (Å²) in [5, 5.41) is 9.43. The minimum absolute atomic E-state index is 0.0690. The average molecular weight is 378 g/mol. The summed E-state index contributed by atoms with van der Waals surface area (Å²) in [7, 11) is 0. The molecular weight excluding hydrogens is 352 g/mol. The molecule has 28 heavy (non-hydrogen) atoms. The molecule has 0 bridgehead atoms. The minimum Gasteiger partial charge on any atom is -0.508 e. The zero-order valence-corrected chi connectivity index (χ0v) is 16.2. The molecule has 0 saturated carbocycles. The Morgan fingerprint density at radius 1 is 1.11 bits per heavy atom. The highest BCUT2D eigenvalue weighted by Gasteiger charge is 2.49. The number of benzene rings is 2. The van der Waals surface area contributed by atoms with Crippen molar-refractivity contribution in [1.29, 1.82) is 0 Å². The van der Waals surface area contributed by atoms with Crippen LogP contribution in [0, 0.1) is 12.3 Å². The first-order valence-electron chi connectivity index (χ1n) is 9.90. The van der Waals surface area contributed by atoms with Gasteiger partial charge in [-0.15, -0.1) is 0 Å². The summed E-state index contributed by atoms with van der Waals surface area (Å²) in [6.07, 6.45) is 2.54. The Labute approximate surface area is 165 Å². The molecule has 1 spiro atoms. The first-order chi connectivity index (χ1) is 13.5. The van der Waals surface area contributed by atoms with Gasteiger partial charge in [0.25, 0.3) is 5.91 Å². The van der Waals surface area contributed by atoms with E-state index in [4.69, 9.17) is 0 Å². The van der Waals surface area contributed by atoms with Crippen LogP contribution < -0.4 is 0 Å². The van der Waals surface area contributed by atoms with Gasteiger partial charge in [0.15, 0.2) is 0 Å². The molecule has 5 heteroatoms. The number of hydrogen-bond acceptors (Lipinski definition) is 3. The topological polar surface area (TPSA) is 60.9 Å². The number of rotatable bonds is 3. The van der Waals surface area contributed by atoms with Gasteiger partial charge in [-0.25, -0.2) is 0 Å². The van der Waals surface area contributed by atoms with Gasteiger partial charge < -0.3 is 14.9 Å². The molecule has 0 radical (unpaired) electrons. The predicted octanol–water partition coefficient (Wildman–Crippen LogP) is 3.36. The largest absolute Gasteiger partial charge is 0.508 e. The summed E-state index contributed by atoms with van der Waals surface area (Å²) in [5.41, 5.74) is 2.45. The van der Waals surface area contributed by atoms with E-state index in [1.165, 1.54) is 17.7 Å². The number of amides is 2. The normalized spacial score (nSPS) is 22.1. The Kier molecular flexibility index (Phi) is 4.84. The fourth-order valence-corrected chi connectivity index (χ4v) is 4.54. The summed E-state index contributed by atoms with van der Waals surface area (Å²) in [4.78, 5) is 29.9. The molecule has 2 amide bonds. The van der Waals surface area contributed by atoms with E-state index in [0.29, 0.717) is 25.2 Å². The molecule has 1 atom stereocenters. The third kappa shape index (κ3) is 3.49. The Morgan fingerprint density at radius 2 is 1.89 bits per heavy atom. The summed E-state index contributed by atoms with van der Waals surface area (Å²) in [6, 6.07) is 14.6. The number of piperidine rings is 1. The molecule has 5 nitrogen and oxygen atoms in total. The lowest BCUT2D eigenvalue weighted by Gasteiger charge is -2.39. The SMILES string of the molecule is Cc1cccc(CN2CCC[C@@]3(CCN(C(=O)c4ccc(O)cc4)C3)C2=O)c1. The average Bonchev–Trinajstić information content (AvgIpc) is 3.11. The van der Waals surface area contributed by atoms with E-state index in [2.05, 4.69) is 25.1 Å². The van der Waals surface area contributed by atoms with Gasteiger partial charge in [-0.1, -0.05) is 29.8 Å². The molecular formula is C23H26N2O3. The Bertz CT molecular complexity index is 893. The molecule has 2 saturated heterocycles. The van der Waals surface area contributed by atoms with Crippen LogP contribution in [0.1, 0.15) is 40.7 Å². The number of aromatic hydroxyl groups is 1. The number of likely N-dealkylation sites (tertiary alicyclic amines) is 2. The van der Waals surface area contributed by atoms with Crippen LogP contribution in [0.15, 0.2) is 48.5 Å². The van der Waals surface area contributed by atoms with Gasteiger partial charge in [0.05, 0.1) is 5.41 Å². The third-order valence-electron chi connectivity index (χ3n) is 6.04. The molecule has 1 N–H and O–H groups in total. The maximum absolute atomic E-state index is 13.3. The summed E-state index contributed by atoms with van der Waals surface area (Å²) in [5.74, 6) is 0.255. The number of phenolic OH excluding ortho intramolecular Hbond substituents is 1. The molecule has 2 fully saturated rings. The third-order valence-corrected chi connectivity index (χ3v) is 6.04. The molecule has 0 aliphatic carbocycles.